The molecule has 3 saturated carbocycles. The standard InChI is InChI=1S/C18H21N5OS/c1-12-5-20-22(6-12)11-17-8-18(9-17,10-17)16(24)23-14(3-4-19-23)15-21-13(2)7-25-15/h4-7,14H,3,8-11H2,1-2H3. The quantitative estimate of drug-likeness (QED) is 0.847. The lowest BCUT2D eigenvalue weighted by Crippen LogP contribution is -2.68. The van der Waals surface area contributed by atoms with Crippen molar-refractivity contribution >= 4 is 23.5 Å². The van der Waals surface area contributed by atoms with Gasteiger partial charge in [-0.05, 0) is 44.1 Å². The molecule has 25 heavy (non-hydrogen) atoms. The predicted octanol–water partition coefficient (Wildman–Crippen LogP) is 3.09. The van der Waals surface area contributed by atoms with Gasteiger partial charge in [0.2, 0.25) is 5.91 Å². The van der Waals surface area contributed by atoms with Crippen molar-refractivity contribution in [3.8, 4) is 0 Å². The van der Waals surface area contributed by atoms with Crippen LogP contribution in [0.4, 0.5) is 0 Å². The second-order valence-corrected chi connectivity index (χ2v) is 8.94. The van der Waals surface area contributed by atoms with Crippen LogP contribution in [0.25, 0.3) is 0 Å². The Morgan fingerprint density at radius 1 is 1.36 bits per heavy atom. The molecule has 3 aliphatic carbocycles. The molecule has 1 unspecified atom stereocenters. The second kappa shape index (κ2) is 5.00. The van der Waals surface area contributed by atoms with Gasteiger partial charge < -0.3 is 0 Å². The number of amides is 1. The minimum absolute atomic E-state index is 0.00931. The van der Waals surface area contributed by atoms with Gasteiger partial charge in [-0.1, -0.05) is 0 Å². The average Bonchev–Trinajstić information content (AvgIpc) is 3.21. The van der Waals surface area contributed by atoms with Gasteiger partial charge in [0, 0.05) is 36.5 Å². The van der Waals surface area contributed by atoms with Crippen molar-refractivity contribution in [1.82, 2.24) is 19.8 Å². The Morgan fingerprint density at radius 3 is 2.80 bits per heavy atom. The highest BCUT2D eigenvalue weighted by molar-refractivity contribution is 7.09. The molecule has 2 bridgehead atoms. The maximum atomic E-state index is 13.1. The zero-order chi connectivity index (χ0) is 17.2. The Hall–Kier alpha value is -2.02. The Labute approximate surface area is 150 Å². The van der Waals surface area contributed by atoms with Crippen LogP contribution in [0.3, 0.4) is 0 Å². The minimum Gasteiger partial charge on any atom is -0.272 e. The molecule has 130 valence electrons. The Balaban J connectivity index is 1.28. The molecule has 6 rings (SSSR count). The van der Waals surface area contributed by atoms with Crippen LogP contribution < -0.4 is 0 Å². The van der Waals surface area contributed by atoms with Gasteiger partial charge in [-0.2, -0.15) is 10.2 Å². The van der Waals surface area contributed by atoms with Gasteiger partial charge in [0.25, 0.3) is 0 Å². The fraction of sp³-hybridized carbons (Fsp3) is 0.556. The molecule has 0 spiro atoms. The largest absolute Gasteiger partial charge is 0.272 e. The van der Waals surface area contributed by atoms with E-state index in [1.807, 2.05) is 29.4 Å². The first kappa shape index (κ1) is 15.3. The third-order valence-corrected chi connectivity index (χ3v) is 6.88. The highest BCUT2D eigenvalue weighted by Gasteiger charge is 2.72. The lowest BCUT2D eigenvalue weighted by Gasteiger charge is -2.69. The summed E-state index contributed by atoms with van der Waals surface area (Å²) in [7, 11) is 0. The first-order valence-corrected chi connectivity index (χ1v) is 9.64. The molecule has 0 N–H and O–H groups in total. The molecule has 6 nitrogen and oxygen atoms in total. The van der Waals surface area contributed by atoms with Crippen LogP contribution in [0.2, 0.25) is 0 Å². The monoisotopic (exact) mass is 355 g/mol. The van der Waals surface area contributed by atoms with E-state index in [-0.39, 0.29) is 22.8 Å². The molecule has 0 saturated heterocycles. The third-order valence-electron chi connectivity index (χ3n) is 5.81. The molecule has 0 radical (unpaired) electrons. The van der Waals surface area contributed by atoms with Crippen LogP contribution in [-0.4, -0.2) is 31.9 Å². The van der Waals surface area contributed by atoms with Gasteiger partial charge in [0.15, 0.2) is 0 Å². The molecule has 1 atom stereocenters. The summed E-state index contributed by atoms with van der Waals surface area (Å²) in [4.78, 5) is 17.7. The molecule has 4 aliphatic rings. The van der Waals surface area contributed by atoms with Gasteiger partial charge in [0.1, 0.15) is 11.0 Å². The molecule has 1 aliphatic heterocycles. The smallest absolute Gasteiger partial charge is 0.249 e. The number of thiazole rings is 1. The number of nitrogens with zero attached hydrogens (tertiary/aromatic N) is 5. The molecule has 3 fully saturated rings. The number of aromatic nitrogens is 3. The zero-order valence-electron chi connectivity index (χ0n) is 14.5. The van der Waals surface area contributed by atoms with Crippen molar-refractivity contribution < 1.29 is 4.79 Å². The van der Waals surface area contributed by atoms with E-state index in [4.69, 9.17) is 0 Å². The topological polar surface area (TPSA) is 63.4 Å². The fourth-order valence-electron chi connectivity index (χ4n) is 4.87. The number of aryl methyl sites for hydroxylation is 2. The van der Waals surface area contributed by atoms with Crippen molar-refractivity contribution in [2.45, 2.75) is 52.1 Å². The number of hydrogen-bond donors (Lipinski definition) is 0. The summed E-state index contributed by atoms with van der Waals surface area (Å²) in [5.41, 5.74) is 2.28. The molecular formula is C18H21N5OS. The van der Waals surface area contributed by atoms with E-state index in [0.29, 0.717) is 0 Å². The van der Waals surface area contributed by atoms with Gasteiger partial charge in [-0.15, -0.1) is 11.3 Å². The zero-order valence-corrected chi connectivity index (χ0v) is 15.3. The minimum atomic E-state index is -0.186. The lowest BCUT2D eigenvalue weighted by molar-refractivity contribution is -0.223. The molecular weight excluding hydrogens is 334 g/mol. The van der Waals surface area contributed by atoms with Crippen molar-refractivity contribution in [2.24, 2.45) is 15.9 Å². The maximum absolute atomic E-state index is 13.1. The Morgan fingerprint density at radius 2 is 2.16 bits per heavy atom. The highest BCUT2D eigenvalue weighted by atomic mass is 32.1. The predicted molar refractivity (Wildman–Crippen MR) is 95.2 cm³/mol. The number of rotatable bonds is 4. The Kier molecular flexibility index (Phi) is 3.05. The van der Waals surface area contributed by atoms with E-state index in [1.54, 1.807) is 16.3 Å². The summed E-state index contributed by atoms with van der Waals surface area (Å²) in [5.74, 6) is 0.192. The van der Waals surface area contributed by atoms with E-state index in [1.165, 1.54) is 5.56 Å². The Bertz CT molecular complexity index is 862. The van der Waals surface area contributed by atoms with Gasteiger partial charge >= 0.3 is 0 Å². The summed E-state index contributed by atoms with van der Waals surface area (Å²) in [5, 5.41) is 13.5. The first-order valence-electron chi connectivity index (χ1n) is 8.76. The van der Waals surface area contributed by atoms with Crippen LogP contribution >= 0.6 is 11.3 Å². The molecule has 2 aromatic heterocycles. The molecule has 0 aromatic carbocycles. The van der Waals surface area contributed by atoms with Crippen LogP contribution in [0.15, 0.2) is 22.9 Å². The second-order valence-electron chi connectivity index (χ2n) is 8.05. The van der Waals surface area contributed by atoms with E-state index < -0.39 is 0 Å². The number of carbonyl (C=O) groups is 1. The molecule has 3 heterocycles. The normalized spacial score (nSPS) is 32.6. The van der Waals surface area contributed by atoms with Gasteiger partial charge in [-0.25, -0.2) is 9.99 Å². The van der Waals surface area contributed by atoms with Crippen molar-refractivity contribution in [2.75, 3.05) is 0 Å². The summed E-state index contributed by atoms with van der Waals surface area (Å²) < 4.78 is 2.03. The van der Waals surface area contributed by atoms with Crippen molar-refractivity contribution in [3.05, 3.63) is 34.0 Å². The van der Waals surface area contributed by atoms with E-state index >= 15 is 0 Å². The third kappa shape index (κ3) is 2.21. The van der Waals surface area contributed by atoms with E-state index in [2.05, 4.69) is 28.3 Å². The number of hydrogen-bond acceptors (Lipinski definition) is 5. The summed E-state index contributed by atoms with van der Waals surface area (Å²) in [6.45, 7) is 4.97. The van der Waals surface area contributed by atoms with Crippen LogP contribution in [0.5, 0.6) is 0 Å². The molecule has 1 amide bonds. The van der Waals surface area contributed by atoms with Crippen molar-refractivity contribution in [3.63, 3.8) is 0 Å². The summed E-state index contributed by atoms with van der Waals surface area (Å²) in [6.07, 6.45) is 9.50. The molecule has 2 aromatic rings. The average molecular weight is 355 g/mol. The van der Waals surface area contributed by atoms with E-state index in [0.717, 1.165) is 42.9 Å². The first-order chi connectivity index (χ1) is 12.0. The van der Waals surface area contributed by atoms with Crippen LogP contribution in [0, 0.1) is 24.7 Å². The lowest BCUT2D eigenvalue weighted by atomic mass is 9.34. The SMILES string of the molecule is Cc1cnn(CC23CC(C(=O)N4N=CCC4c4nc(C)cs4)(C2)C3)c1. The maximum Gasteiger partial charge on any atom is 0.249 e. The van der Waals surface area contributed by atoms with Gasteiger partial charge in [-0.3, -0.25) is 9.48 Å². The fourth-order valence-corrected chi connectivity index (χ4v) is 5.77. The van der Waals surface area contributed by atoms with Crippen molar-refractivity contribution in [1.29, 1.82) is 0 Å². The van der Waals surface area contributed by atoms with E-state index in [9.17, 15) is 4.79 Å². The molecule has 7 heteroatoms. The summed E-state index contributed by atoms with van der Waals surface area (Å²) >= 11 is 1.62. The van der Waals surface area contributed by atoms with Gasteiger partial charge in [0.05, 0.1) is 11.6 Å². The number of hydrazone groups is 1. The number of carbonyl (C=O) groups excluding carboxylic acids is 1. The van der Waals surface area contributed by atoms with Crippen LogP contribution in [-0.2, 0) is 11.3 Å². The highest BCUT2D eigenvalue weighted by Crippen LogP contribution is 2.74. The summed E-state index contributed by atoms with van der Waals surface area (Å²) in [6, 6.07) is -0.00931. The van der Waals surface area contributed by atoms with Crippen LogP contribution in [0.1, 0.15) is 48.0 Å².